The molecule has 8 bridgehead atoms. The Morgan fingerprint density at radius 2 is 1.11 bits per heavy atom. The van der Waals surface area contributed by atoms with Gasteiger partial charge in [-0.2, -0.15) is 0 Å². The van der Waals surface area contributed by atoms with E-state index in [4.69, 9.17) is 0 Å². The van der Waals surface area contributed by atoms with Gasteiger partial charge >= 0.3 is 0 Å². The van der Waals surface area contributed by atoms with Crippen LogP contribution >= 0.6 is 0 Å². The molecule has 5 nitrogen and oxygen atoms in total. The van der Waals surface area contributed by atoms with E-state index >= 15 is 0 Å². The molecule has 6 rings (SSSR count). The summed E-state index contributed by atoms with van der Waals surface area (Å²) in [5.74, 6) is 0. The fourth-order valence-electron chi connectivity index (χ4n) is 4.87. The smallest absolute Gasteiger partial charge is 0.0485 e. The molecule has 5 heteroatoms. The van der Waals surface area contributed by atoms with Gasteiger partial charge in [0.05, 0.1) is 0 Å². The third kappa shape index (κ3) is 4.17. The van der Waals surface area contributed by atoms with Crippen LogP contribution in [0.15, 0.2) is 72.8 Å². The van der Waals surface area contributed by atoms with Crippen LogP contribution in [-0.4, -0.2) is 33.0 Å². The molecule has 0 spiro atoms. The Morgan fingerprint density at radius 1 is 0.543 bits per heavy atom. The van der Waals surface area contributed by atoms with E-state index in [1.807, 2.05) is 0 Å². The minimum absolute atomic E-state index is 0.997. The quantitative estimate of drug-likeness (QED) is 0.322. The Labute approximate surface area is 203 Å². The van der Waals surface area contributed by atoms with Gasteiger partial charge in [-0.05, 0) is 98.3 Å². The second-order valence-corrected chi connectivity index (χ2v) is 8.92. The summed E-state index contributed by atoms with van der Waals surface area (Å²) < 4.78 is 0. The normalized spacial score (nSPS) is 12.6. The number of fused-ring (bicyclic) bond motifs is 8. The maximum absolute atomic E-state index is 3.63. The number of hydrogen-bond donors (Lipinski definition) is 4. The summed E-state index contributed by atoms with van der Waals surface area (Å²) in [5, 5.41) is 4.25. The Balaban J connectivity index is 1.57. The maximum Gasteiger partial charge on any atom is 0.0485 e. The first-order chi connectivity index (χ1) is 17.2. The number of aromatic amines is 4. The van der Waals surface area contributed by atoms with Gasteiger partial charge in [-0.15, -0.1) is 0 Å². The highest BCUT2D eigenvalue weighted by atomic mass is 15.1. The van der Waals surface area contributed by atoms with Crippen molar-refractivity contribution in [1.29, 1.82) is 0 Å². The summed E-state index contributed by atoms with van der Waals surface area (Å²) in [6.07, 6.45) is 6.40. The zero-order chi connectivity index (χ0) is 23.8. The van der Waals surface area contributed by atoms with E-state index in [9.17, 15) is 0 Å². The molecule has 0 saturated heterocycles. The molecule has 5 heterocycles. The fourth-order valence-corrected chi connectivity index (χ4v) is 4.87. The third-order valence-corrected chi connectivity index (χ3v) is 6.64. The molecule has 0 radical (unpaired) electrons. The highest BCUT2D eigenvalue weighted by molar-refractivity contribution is 5.78. The zero-order valence-electron chi connectivity index (χ0n) is 20.0. The van der Waals surface area contributed by atoms with Gasteiger partial charge in [0.2, 0.25) is 0 Å². The molecular formula is C30H29N5. The van der Waals surface area contributed by atoms with Gasteiger partial charge < -0.3 is 24.8 Å². The molecule has 0 aliphatic carbocycles. The molecule has 1 aliphatic heterocycles. The summed E-state index contributed by atoms with van der Waals surface area (Å²) in [6, 6.07) is 25.9. The van der Waals surface area contributed by atoms with E-state index in [1.165, 1.54) is 11.3 Å². The van der Waals surface area contributed by atoms with Crippen molar-refractivity contribution < 1.29 is 0 Å². The second kappa shape index (κ2) is 8.76. The van der Waals surface area contributed by atoms with Crippen molar-refractivity contribution in [3.8, 4) is 0 Å². The van der Waals surface area contributed by atoms with E-state index in [1.54, 1.807) is 0 Å². The van der Waals surface area contributed by atoms with Gasteiger partial charge in [-0.1, -0.05) is 12.1 Å². The SMILES string of the molecule is CCN(CC)c1ccc(C2=c3ccc([nH]3)=Cc3ccc([nH]3)C=c3ccc([nH]3)=Cc3ccc2[nH]3)cc1. The summed E-state index contributed by atoms with van der Waals surface area (Å²) in [7, 11) is 0. The van der Waals surface area contributed by atoms with Crippen LogP contribution < -0.4 is 26.3 Å². The van der Waals surface area contributed by atoms with Crippen LogP contribution in [0.4, 0.5) is 5.69 Å². The van der Waals surface area contributed by atoms with E-state index in [-0.39, 0.29) is 0 Å². The first kappa shape index (κ1) is 21.2. The molecule has 5 aromatic rings. The average Bonchev–Trinajstić information content (AvgIpc) is 3.67. The lowest BCUT2D eigenvalue weighted by molar-refractivity contribution is 0.866. The summed E-state index contributed by atoms with van der Waals surface area (Å²) >= 11 is 0. The number of rotatable bonds is 4. The lowest BCUT2D eigenvalue weighted by Crippen LogP contribution is -2.21. The number of H-pyrrole nitrogens is 4. The lowest BCUT2D eigenvalue weighted by atomic mass is 10.0. The summed E-state index contributed by atoms with van der Waals surface area (Å²) in [5.41, 5.74) is 7.81. The van der Waals surface area contributed by atoms with Gasteiger partial charge in [0.1, 0.15) is 0 Å². The number of nitrogens with one attached hydrogen (secondary N) is 4. The van der Waals surface area contributed by atoms with Gasteiger partial charge in [0.15, 0.2) is 0 Å². The van der Waals surface area contributed by atoms with Crippen LogP contribution in [0.25, 0.3) is 23.8 Å². The molecular weight excluding hydrogens is 430 g/mol. The highest BCUT2D eigenvalue weighted by Gasteiger charge is 2.11. The van der Waals surface area contributed by atoms with Crippen LogP contribution in [0.3, 0.4) is 0 Å². The van der Waals surface area contributed by atoms with Gasteiger partial charge in [0.25, 0.3) is 0 Å². The topological polar surface area (TPSA) is 66.4 Å². The molecule has 35 heavy (non-hydrogen) atoms. The summed E-state index contributed by atoms with van der Waals surface area (Å²) in [4.78, 5) is 16.6. The van der Waals surface area contributed by atoms with E-state index in [2.05, 4.69) is 130 Å². The Bertz CT molecular complexity index is 1720. The molecule has 0 amide bonds. The molecule has 174 valence electrons. The van der Waals surface area contributed by atoms with Crippen LogP contribution in [-0.2, 0) is 0 Å². The minimum atomic E-state index is 0.997. The monoisotopic (exact) mass is 459 g/mol. The molecule has 0 saturated carbocycles. The van der Waals surface area contributed by atoms with Crippen molar-refractivity contribution in [2.45, 2.75) is 13.8 Å². The van der Waals surface area contributed by atoms with Crippen molar-refractivity contribution in [2.24, 2.45) is 0 Å². The molecule has 0 atom stereocenters. The van der Waals surface area contributed by atoms with Crippen LogP contribution in [0, 0.1) is 0 Å². The van der Waals surface area contributed by atoms with Crippen molar-refractivity contribution in [1.82, 2.24) is 19.9 Å². The second-order valence-electron chi connectivity index (χ2n) is 8.92. The fraction of sp³-hybridized carbons (Fsp3) is 0.133. The Morgan fingerprint density at radius 3 is 1.77 bits per heavy atom. The first-order valence-electron chi connectivity index (χ1n) is 12.2. The van der Waals surface area contributed by atoms with Gasteiger partial charge in [0, 0.05) is 68.5 Å². The molecule has 0 fully saturated rings. The van der Waals surface area contributed by atoms with Crippen molar-refractivity contribution in [2.75, 3.05) is 18.0 Å². The number of benzene rings is 1. The molecule has 1 aliphatic rings. The van der Waals surface area contributed by atoms with Gasteiger partial charge in [-0.3, -0.25) is 0 Å². The molecule has 4 N–H and O–H groups in total. The average molecular weight is 460 g/mol. The van der Waals surface area contributed by atoms with E-state index < -0.39 is 0 Å². The molecule has 4 aromatic heterocycles. The van der Waals surface area contributed by atoms with E-state index in [0.717, 1.165) is 62.8 Å². The van der Waals surface area contributed by atoms with Crippen molar-refractivity contribution in [3.63, 3.8) is 0 Å². The van der Waals surface area contributed by atoms with Crippen molar-refractivity contribution >= 4 is 29.5 Å². The number of aromatic nitrogens is 4. The molecule has 0 unspecified atom stereocenters. The molecule has 1 aromatic carbocycles. The van der Waals surface area contributed by atoms with E-state index in [0.29, 0.717) is 0 Å². The maximum atomic E-state index is 3.63. The lowest BCUT2D eigenvalue weighted by Gasteiger charge is -2.21. The number of hydrogen-bond acceptors (Lipinski definition) is 1. The summed E-state index contributed by atoms with van der Waals surface area (Å²) in [6.45, 7) is 6.38. The Hall–Kier alpha value is -4.38. The Kier molecular flexibility index (Phi) is 5.30. The first-order valence-corrected chi connectivity index (χ1v) is 12.2. The van der Waals surface area contributed by atoms with Crippen molar-refractivity contribution in [3.05, 3.63) is 123 Å². The van der Waals surface area contributed by atoms with Crippen LogP contribution in [0.2, 0.25) is 0 Å². The largest absolute Gasteiger partial charge is 0.372 e. The minimum Gasteiger partial charge on any atom is -0.372 e. The standard InChI is InChI=1S/C30H29N5/c1-3-35(4-2)27-13-5-20(6-14-27)30-28-15-11-25(33-28)18-23-9-7-21(31-23)17-22-8-10-24(32-22)19-26-12-16-29(30)34-26/h5-19,31-34H,3-4H2,1-2H3. The zero-order valence-corrected chi connectivity index (χ0v) is 20.0. The predicted octanol–water partition coefficient (Wildman–Crippen LogP) is 2.89. The van der Waals surface area contributed by atoms with Crippen LogP contribution in [0.1, 0.15) is 42.2 Å². The number of nitrogens with zero attached hydrogens (tertiary/aromatic N) is 1. The van der Waals surface area contributed by atoms with Gasteiger partial charge in [-0.25, -0.2) is 0 Å². The van der Waals surface area contributed by atoms with Crippen LogP contribution in [0.5, 0.6) is 0 Å². The number of anilines is 1. The third-order valence-electron chi connectivity index (χ3n) is 6.64. The predicted molar refractivity (Wildman–Crippen MR) is 144 cm³/mol. The highest BCUT2D eigenvalue weighted by Crippen LogP contribution is 2.23.